The first-order chi connectivity index (χ1) is 8.85. The second-order valence-corrected chi connectivity index (χ2v) is 5.41. The van der Waals surface area contributed by atoms with Gasteiger partial charge in [-0.25, -0.2) is 0 Å². The lowest BCUT2D eigenvalue weighted by Crippen LogP contribution is -2.15. The van der Waals surface area contributed by atoms with E-state index in [-0.39, 0.29) is 6.10 Å². The lowest BCUT2D eigenvalue weighted by atomic mass is 10.1. The number of benzene rings is 1. The minimum atomic E-state index is 0.283. The van der Waals surface area contributed by atoms with Crippen LogP contribution in [0.2, 0.25) is 0 Å². The van der Waals surface area contributed by atoms with Crippen molar-refractivity contribution in [3.05, 3.63) is 23.8 Å². The third kappa shape index (κ3) is 3.19. The van der Waals surface area contributed by atoms with Crippen LogP contribution < -0.4 is 9.47 Å². The van der Waals surface area contributed by atoms with Crippen LogP contribution in [0.3, 0.4) is 0 Å². The average Bonchev–Trinajstić information content (AvgIpc) is 2.89. The molecule has 0 aromatic heterocycles. The predicted molar refractivity (Wildman–Crippen MR) is 73.7 cm³/mol. The van der Waals surface area contributed by atoms with E-state index < -0.39 is 0 Å². The fraction of sp³-hybridized carbons (Fsp3) is 0.500. The van der Waals surface area contributed by atoms with Crippen LogP contribution in [0.1, 0.15) is 18.4 Å². The maximum absolute atomic E-state index is 10.5. The zero-order chi connectivity index (χ0) is 12.8. The Kier molecular flexibility index (Phi) is 4.93. The molecule has 0 spiro atoms. The molecule has 1 atom stereocenters. The number of para-hydroxylation sites is 1. The molecule has 2 rings (SSSR count). The highest BCUT2D eigenvalue weighted by atomic mass is 32.2. The maximum Gasteiger partial charge on any atom is 0.163 e. The summed E-state index contributed by atoms with van der Waals surface area (Å²) in [6, 6.07) is 5.88. The number of hydrogen-bond donors (Lipinski definition) is 0. The Morgan fingerprint density at radius 3 is 3.06 bits per heavy atom. The summed E-state index contributed by atoms with van der Waals surface area (Å²) in [5, 5.41) is 0. The first kappa shape index (κ1) is 13.3. The SMILES string of the molecule is COc1c(CCC=O)cccc1OC1CCSC1. The minimum absolute atomic E-state index is 0.283. The first-order valence-corrected chi connectivity index (χ1v) is 7.34. The van der Waals surface area contributed by atoms with Gasteiger partial charge in [0.15, 0.2) is 11.5 Å². The third-order valence-corrected chi connectivity index (χ3v) is 4.11. The largest absolute Gasteiger partial charge is 0.493 e. The van der Waals surface area contributed by atoms with Crippen LogP contribution in [0.15, 0.2) is 18.2 Å². The summed E-state index contributed by atoms with van der Waals surface area (Å²) < 4.78 is 11.4. The lowest BCUT2D eigenvalue weighted by molar-refractivity contribution is -0.107. The summed E-state index contributed by atoms with van der Waals surface area (Å²) in [7, 11) is 1.65. The van der Waals surface area contributed by atoms with E-state index in [1.54, 1.807) is 7.11 Å². The molecule has 4 heteroatoms. The Morgan fingerprint density at radius 2 is 2.39 bits per heavy atom. The summed E-state index contributed by atoms with van der Waals surface area (Å²) in [5.74, 6) is 3.78. The molecule has 0 bridgehead atoms. The third-order valence-electron chi connectivity index (χ3n) is 2.98. The van der Waals surface area contributed by atoms with Crippen LogP contribution in [0, 0.1) is 0 Å². The molecule has 1 aromatic carbocycles. The molecule has 18 heavy (non-hydrogen) atoms. The molecule has 3 nitrogen and oxygen atoms in total. The minimum Gasteiger partial charge on any atom is -0.493 e. The summed E-state index contributed by atoms with van der Waals surface area (Å²) in [4.78, 5) is 10.5. The molecule has 98 valence electrons. The van der Waals surface area contributed by atoms with Crippen LogP contribution in [0.4, 0.5) is 0 Å². The molecular weight excluding hydrogens is 248 g/mol. The number of rotatable bonds is 6. The van der Waals surface area contributed by atoms with E-state index in [4.69, 9.17) is 9.47 Å². The van der Waals surface area contributed by atoms with Crippen LogP contribution in [0.25, 0.3) is 0 Å². The molecule has 1 heterocycles. The molecule has 0 saturated carbocycles. The summed E-state index contributed by atoms with van der Waals surface area (Å²) >= 11 is 1.92. The Labute approximate surface area is 112 Å². The average molecular weight is 266 g/mol. The normalized spacial score (nSPS) is 18.6. The van der Waals surface area contributed by atoms with Crippen molar-refractivity contribution >= 4 is 18.0 Å². The van der Waals surface area contributed by atoms with Gasteiger partial charge in [0, 0.05) is 12.2 Å². The fourth-order valence-electron chi connectivity index (χ4n) is 2.08. The van der Waals surface area contributed by atoms with E-state index in [2.05, 4.69) is 0 Å². The number of thioether (sulfide) groups is 1. The van der Waals surface area contributed by atoms with Crippen molar-refractivity contribution < 1.29 is 14.3 Å². The van der Waals surface area contributed by atoms with Gasteiger partial charge in [-0.3, -0.25) is 0 Å². The van der Waals surface area contributed by atoms with Gasteiger partial charge in [-0.15, -0.1) is 0 Å². The van der Waals surface area contributed by atoms with Gasteiger partial charge in [-0.2, -0.15) is 11.8 Å². The highest BCUT2D eigenvalue weighted by Crippen LogP contribution is 2.34. The Balaban J connectivity index is 2.14. The molecule has 1 saturated heterocycles. The van der Waals surface area contributed by atoms with Gasteiger partial charge in [0.1, 0.15) is 12.4 Å². The highest BCUT2D eigenvalue weighted by Gasteiger charge is 2.19. The van der Waals surface area contributed by atoms with Crippen molar-refractivity contribution in [1.82, 2.24) is 0 Å². The molecule has 0 radical (unpaired) electrons. The molecule has 1 aliphatic rings. The Bertz CT molecular complexity index is 400. The second kappa shape index (κ2) is 6.69. The Morgan fingerprint density at radius 1 is 1.50 bits per heavy atom. The molecule has 0 aliphatic carbocycles. The molecule has 1 fully saturated rings. The van der Waals surface area contributed by atoms with E-state index in [1.807, 2.05) is 30.0 Å². The number of aldehydes is 1. The van der Waals surface area contributed by atoms with Crippen molar-refractivity contribution in [2.75, 3.05) is 18.6 Å². The van der Waals surface area contributed by atoms with E-state index >= 15 is 0 Å². The van der Waals surface area contributed by atoms with Crippen LogP contribution in [-0.2, 0) is 11.2 Å². The number of methoxy groups -OCH3 is 1. The van der Waals surface area contributed by atoms with Crippen LogP contribution in [0.5, 0.6) is 11.5 Å². The Hall–Kier alpha value is -1.16. The highest BCUT2D eigenvalue weighted by molar-refractivity contribution is 7.99. The zero-order valence-corrected chi connectivity index (χ0v) is 11.4. The lowest BCUT2D eigenvalue weighted by Gasteiger charge is -2.17. The van der Waals surface area contributed by atoms with Gasteiger partial charge in [-0.05, 0) is 30.2 Å². The van der Waals surface area contributed by atoms with Crippen molar-refractivity contribution in [2.45, 2.75) is 25.4 Å². The molecular formula is C14H18O3S. The second-order valence-electron chi connectivity index (χ2n) is 4.26. The van der Waals surface area contributed by atoms with Crippen molar-refractivity contribution in [2.24, 2.45) is 0 Å². The fourth-order valence-corrected chi connectivity index (χ4v) is 3.18. The zero-order valence-electron chi connectivity index (χ0n) is 10.6. The molecule has 1 aliphatic heterocycles. The van der Waals surface area contributed by atoms with Crippen molar-refractivity contribution in [3.63, 3.8) is 0 Å². The molecule has 0 N–H and O–H groups in total. The summed E-state index contributed by atoms with van der Waals surface area (Å²) in [6.07, 6.45) is 3.51. The number of carbonyl (C=O) groups excluding carboxylic acids is 1. The van der Waals surface area contributed by atoms with E-state index in [0.29, 0.717) is 12.8 Å². The van der Waals surface area contributed by atoms with Gasteiger partial charge in [0.05, 0.1) is 7.11 Å². The molecule has 0 amide bonds. The predicted octanol–water partition coefficient (Wildman–Crippen LogP) is 2.71. The monoisotopic (exact) mass is 266 g/mol. The molecule has 1 unspecified atom stereocenters. The quantitative estimate of drug-likeness (QED) is 0.742. The van der Waals surface area contributed by atoms with E-state index in [0.717, 1.165) is 41.3 Å². The number of aryl methyl sites for hydroxylation is 1. The number of hydrogen-bond acceptors (Lipinski definition) is 4. The smallest absolute Gasteiger partial charge is 0.163 e. The number of ether oxygens (including phenoxy) is 2. The van der Waals surface area contributed by atoms with Crippen LogP contribution >= 0.6 is 11.8 Å². The summed E-state index contributed by atoms with van der Waals surface area (Å²) in [5.41, 5.74) is 1.03. The standard InChI is InChI=1S/C14H18O3S/c1-16-14-11(5-3-8-15)4-2-6-13(14)17-12-7-9-18-10-12/h2,4,6,8,12H,3,5,7,9-10H2,1H3. The van der Waals surface area contributed by atoms with Crippen molar-refractivity contribution in [3.8, 4) is 11.5 Å². The van der Waals surface area contributed by atoms with E-state index in [9.17, 15) is 4.79 Å². The van der Waals surface area contributed by atoms with Gasteiger partial charge >= 0.3 is 0 Å². The van der Waals surface area contributed by atoms with Crippen molar-refractivity contribution in [1.29, 1.82) is 0 Å². The van der Waals surface area contributed by atoms with E-state index in [1.165, 1.54) is 0 Å². The van der Waals surface area contributed by atoms with Crippen LogP contribution in [-0.4, -0.2) is 31.0 Å². The van der Waals surface area contributed by atoms with Gasteiger partial charge in [-0.1, -0.05) is 12.1 Å². The van der Waals surface area contributed by atoms with Gasteiger partial charge in [0.2, 0.25) is 0 Å². The van der Waals surface area contributed by atoms with Gasteiger partial charge < -0.3 is 14.3 Å². The topological polar surface area (TPSA) is 35.5 Å². The number of carbonyl (C=O) groups is 1. The first-order valence-electron chi connectivity index (χ1n) is 6.19. The van der Waals surface area contributed by atoms with Gasteiger partial charge in [0.25, 0.3) is 0 Å². The summed E-state index contributed by atoms with van der Waals surface area (Å²) in [6.45, 7) is 0. The molecule has 1 aromatic rings. The maximum atomic E-state index is 10.5.